The van der Waals surface area contributed by atoms with Crippen LogP contribution < -0.4 is 10.6 Å². The van der Waals surface area contributed by atoms with E-state index in [1.807, 2.05) is 72.9 Å². The van der Waals surface area contributed by atoms with Crippen LogP contribution in [0.15, 0.2) is 72.9 Å². The number of halogens is 1. The number of hydrogen-bond acceptors (Lipinski definition) is 1. The Hall–Kier alpha value is -2.72. The Bertz CT molecular complexity index is 797. The van der Waals surface area contributed by atoms with Gasteiger partial charge in [-0.1, -0.05) is 41.9 Å². The summed E-state index contributed by atoms with van der Waals surface area (Å²) in [7, 11) is 0. The van der Waals surface area contributed by atoms with E-state index in [0.717, 1.165) is 28.5 Å². The van der Waals surface area contributed by atoms with E-state index in [0.29, 0.717) is 6.54 Å². The van der Waals surface area contributed by atoms with Crippen LogP contribution in [0.25, 0.3) is 0 Å². The Labute approximate surface area is 146 Å². The summed E-state index contributed by atoms with van der Waals surface area (Å²) in [5, 5.41) is 6.41. The molecule has 0 fully saturated rings. The first kappa shape index (κ1) is 16.1. The molecule has 0 saturated heterocycles. The predicted octanol–water partition coefficient (Wildman–Crippen LogP) is 4.51. The Balaban J connectivity index is 1.57. The van der Waals surface area contributed by atoms with Gasteiger partial charge in [0.25, 0.3) is 0 Å². The number of amides is 2. The van der Waals surface area contributed by atoms with Crippen molar-refractivity contribution >= 4 is 23.3 Å². The summed E-state index contributed by atoms with van der Waals surface area (Å²) in [6.45, 7) is 1.20. The summed E-state index contributed by atoms with van der Waals surface area (Å²) in [5.41, 5.74) is 2.96. The first-order valence-corrected chi connectivity index (χ1v) is 8.07. The molecule has 0 saturated carbocycles. The summed E-state index contributed by atoms with van der Waals surface area (Å²) in [5.74, 6) is 0. The smallest absolute Gasteiger partial charge is 0.319 e. The van der Waals surface area contributed by atoms with Crippen LogP contribution >= 0.6 is 11.6 Å². The van der Waals surface area contributed by atoms with Crippen LogP contribution in [0.4, 0.5) is 10.5 Å². The minimum absolute atomic E-state index is 0.222. The molecule has 0 unspecified atom stereocenters. The van der Waals surface area contributed by atoms with Crippen molar-refractivity contribution in [2.24, 2.45) is 0 Å². The molecule has 3 aromatic rings. The van der Waals surface area contributed by atoms with Crippen LogP contribution in [-0.4, -0.2) is 10.6 Å². The lowest BCUT2D eigenvalue weighted by Crippen LogP contribution is -2.29. The number of para-hydroxylation sites is 1. The summed E-state index contributed by atoms with van der Waals surface area (Å²) >= 11 is 5.91. The number of nitrogens with zero attached hydrogens (tertiary/aromatic N) is 1. The molecule has 0 aliphatic rings. The molecule has 2 aromatic carbocycles. The Morgan fingerprint density at radius 1 is 0.958 bits per heavy atom. The van der Waals surface area contributed by atoms with Crippen molar-refractivity contribution in [2.45, 2.75) is 13.1 Å². The molecule has 4 nitrogen and oxygen atoms in total. The lowest BCUT2D eigenvalue weighted by atomic mass is 10.2. The van der Waals surface area contributed by atoms with Gasteiger partial charge in [0, 0.05) is 29.1 Å². The van der Waals surface area contributed by atoms with Gasteiger partial charge in [0.15, 0.2) is 0 Å². The number of anilines is 1. The van der Waals surface area contributed by atoms with Gasteiger partial charge in [-0.15, -0.1) is 0 Å². The zero-order valence-electron chi connectivity index (χ0n) is 13.1. The Morgan fingerprint density at radius 3 is 2.46 bits per heavy atom. The highest BCUT2D eigenvalue weighted by molar-refractivity contribution is 6.30. The molecule has 2 N–H and O–H groups in total. The van der Waals surface area contributed by atoms with Gasteiger partial charge < -0.3 is 15.2 Å². The van der Waals surface area contributed by atoms with Gasteiger partial charge in [-0.05, 0) is 42.0 Å². The number of urea groups is 1. The summed E-state index contributed by atoms with van der Waals surface area (Å²) in [6.07, 6.45) is 2.00. The van der Waals surface area contributed by atoms with Gasteiger partial charge in [0.2, 0.25) is 0 Å². The van der Waals surface area contributed by atoms with Crippen LogP contribution in [0.3, 0.4) is 0 Å². The third kappa shape index (κ3) is 4.40. The average molecular weight is 340 g/mol. The van der Waals surface area contributed by atoms with Gasteiger partial charge in [0.05, 0.1) is 6.54 Å². The van der Waals surface area contributed by atoms with E-state index in [9.17, 15) is 4.79 Å². The molecule has 1 heterocycles. The number of nitrogens with one attached hydrogen (secondary N) is 2. The van der Waals surface area contributed by atoms with Crippen molar-refractivity contribution in [3.05, 3.63) is 89.2 Å². The average Bonchev–Trinajstić information content (AvgIpc) is 3.03. The molecule has 1 aromatic heterocycles. The maximum absolute atomic E-state index is 12.0. The maximum atomic E-state index is 12.0. The molecule has 122 valence electrons. The number of benzene rings is 2. The van der Waals surface area contributed by atoms with Gasteiger partial charge in [-0.2, -0.15) is 0 Å². The SMILES string of the molecule is O=C(NCc1cccn1Cc1ccc(Cl)cc1)Nc1ccccc1. The predicted molar refractivity (Wildman–Crippen MR) is 97.3 cm³/mol. The summed E-state index contributed by atoms with van der Waals surface area (Å²) in [6, 6.07) is 20.9. The fourth-order valence-corrected chi connectivity index (χ4v) is 2.54. The minimum Gasteiger partial charge on any atom is -0.345 e. The van der Waals surface area contributed by atoms with E-state index < -0.39 is 0 Å². The van der Waals surface area contributed by atoms with Gasteiger partial charge in [-0.3, -0.25) is 0 Å². The van der Waals surface area contributed by atoms with Gasteiger partial charge in [-0.25, -0.2) is 4.79 Å². The number of aromatic nitrogens is 1. The molecular formula is C19H18ClN3O. The van der Waals surface area contributed by atoms with E-state index >= 15 is 0 Å². The van der Waals surface area contributed by atoms with Crippen molar-refractivity contribution in [1.82, 2.24) is 9.88 Å². The standard InChI is InChI=1S/C19H18ClN3O/c20-16-10-8-15(9-11-16)14-23-12-4-7-18(23)13-21-19(24)22-17-5-2-1-3-6-17/h1-12H,13-14H2,(H2,21,22,24). The normalized spacial score (nSPS) is 10.4. The van der Waals surface area contributed by atoms with E-state index in [-0.39, 0.29) is 6.03 Å². The van der Waals surface area contributed by atoms with E-state index in [2.05, 4.69) is 15.2 Å². The van der Waals surface area contributed by atoms with E-state index in [1.54, 1.807) is 0 Å². The maximum Gasteiger partial charge on any atom is 0.319 e. The zero-order chi connectivity index (χ0) is 16.8. The Morgan fingerprint density at radius 2 is 1.71 bits per heavy atom. The number of rotatable bonds is 5. The second-order valence-corrected chi connectivity index (χ2v) is 5.86. The van der Waals surface area contributed by atoms with Crippen LogP contribution in [0, 0.1) is 0 Å². The quantitative estimate of drug-likeness (QED) is 0.705. The summed E-state index contributed by atoms with van der Waals surface area (Å²) in [4.78, 5) is 12.0. The molecule has 0 aliphatic carbocycles. The van der Waals surface area contributed by atoms with Crippen molar-refractivity contribution in [2.75, 3.05) is 5.32 Å². The van der Waals surface area contributed by atoms with Crippen LogP contribution in [0.1, 0.15) is 11.3 Å². The van der Waals surface area contributed by atoms with Crippen LogP contribution in [-0.2, 0) is 13.1 Å². The van der Waals surface area contributed by atoms with Gasteiger partial charge in [0.1, 0.15) is 0 Å². The van der Waals surface area contributed by atoms with Crippen molar-refractivity contribution in [1.29, 1.82) is 0 Å². The van der Waals surface area contributed by atoms with Crippen molar-refractivity contribution < 1.29 is 4.79 Å². The lowest BCUT2D eigenvalue weighted by molar-refractivity contribution is 0.251. The molecule has 0 radical (unpaired) electrons. The zero-order valence-corrected chi connectivity index (χ0v) is 13.8. The lowest BCUT2D eigenvalue weighted by Gasteiger charge is -2.11. The minimum atomic E-state index is -0.222. The number of carbonyl (C=O) groups is 1. The van der Waals surface area contributed by atoms with Crippen molar-refractivity contribution in [3.63, 3.8) is 0 Å². The molecule has 0 bridgehead atoms. The monoisotopic (exact) mass is 339 g/mol. The Kier molecular flexibility index (Phi) is 5.18. The molecule has 5 heteroatoms. The highest BCUT2D eigenvalue weighted by Crippen LogP contribution is 2.12. The molecule has 24 heavy (non-hydrogen) atoms. The van der Waals surface area contributed by atoms with Crippen molar-refractivity contribution in [3.8, 4) is 0 Å². The third-order valence-corrected chi connectivity index (χ3v) is 3.90. The molecule has 0 aliphatic heterocycles. The first-order valence-electron chi connectivity index (χ1n) is 7.69. The molecule has 0 atom stereocenters. The highest BCUT2D eigenvalue weighted by Gasteiger charge is 2.05. The van der Waals surface area contributed by atoms with Crippen LogP contribution in [0.5, 0.6) is 0 Å². The second kappa shape index (κ2) is 7.70. The molecule has 2 amide bonds. The topological polar surface area (TPSA) is 46.1 Å². The molecular weight excluding hydrogens is 322 g/mol. The first-order chi connectivity index (χ1) is 11.7. The fourth-order valence-electron chi connectivity index (χ4n) is 2.42. The number of hydrogen-bond donors (Lipinski definition) is 2. The van der Waals surface area contributed by atoms with Crippen LogP contribution in [0.2, 0.25) is 5.02 Å². The molecule has 0 spiro atoms. The van der Waals surface area contributed by atoms with E-state index in [4.69, 9.17) is 11.6 Å². The van der Waals surface area contributed by atoms with Gasteiger partial charge >= 0.3 is 6.03 Å². The molecule has 3 rings (SSSR count). The fraction of sp³-hybridized carbons (Fsp3) is 0.105. The largest absolute Gasteiger partial charge is 0.345 e. The highest BCUT2D eigenvalue weighted by atomic mass is 35.5. The van der Waals surface area contributed by atoms with E-state index in [1.165, 1.54) is 0 Å². The third-order valence-electron chi connectivity index (χ3n) is 3.65. The second-order valence-electron chi connectivity index (χ2n) is 5.43. The summed E-state index contributed by atoms with van der Waals surface area (Å²) < 4.78 is 2.10. The number of carbonyl (C=O) groups excluding carboxylic acids is 1.